The zero-order valence-electron chi connectivity index (χ0n) is 9.96. The lowest BCUT2D eigenvalue weighted by molar-refractivity contribution is -0.141. The molecule has 1 aromatic rings. The molecule has 2 heterocycles. The van der Waals surface area contributed by atoms with Crippen LogP contribution in [0.25, 0.3) is 0 Å². The van der Waals surface area contributed by atoms with Crippen LogP contribution in [-0.4, -0.2) is 36.6 Å². The Bertz CT molecular complexity index is 367. The first-order valence-electron chi connectivity index (χ1n) is 5.91. The van der Waals surface area contributed by atoms with E-state index in [0.717, 1.165) is 11.3 Å². The standard InChI is InChI=1S/C12H18N2O2S/c1-2-9-8-16-6-5-14(9)12(15)11(13)10-4-3-7-17-10/h3-4,7,9,11H,2,5-6,8,13H2,1H3. The van der Waals surface area contributed by atoms with Crippen LogP contribution in [0, 0.1) is 0 Å². The van der Waals surface area contributed by atoms with Gasteiger partial charge in [0.15, 0.2) is 0 Å². The van der Waals surface area contributed by atoms with Crippen molar-refractivity contribution in [2.75, 3.05) is 19.8 Å². The van der Waals surface area contributed by atoms with E-state index in [0.29, 0.717) is 19.8 Å². The highest BCUT2D eigenvalue weighted by atomic mass is 32.1. The average molecular weight is 254 g/mol. The van der Waals surface area contributed by atoms with Gasteiger partial charge in [0, 0.05) is 11.4 Å². The minimum Gasteiger partial charge on any atom is -0.377 e. The molecule has 2 rings (SSSR count). The summed E-state index contributed by atoms with van der Waals surface area (Å²) in [4.78, 5) is 15.1. The second-order valence-electron chi connectivity index (χ2n) is 4.16. The van der Waals surface area contributed by atoms with E-state index in [-0.39, 0.29) is 11.9 Å². The fraction of sp³-hybridized carbons (Fsp3) is 0.583. The third-order valence-electron chi connectivity index (χ3n) is 3.10. The number of carbonyl (C=O) groups excluding carboxylic acids is 1. The molecular formula is C12H18N2O2S. The molecule has 2 unspecified atom stereocenters. The molecule has 0 saturated carbocycles. The normalized spacial score (nSPS) is 22.5. The number of amides is 1. The highest BCUT2D eigenvalue weighted by Crippen LogP contribution is 2.21. The average Bonchev–Trinajstić information content (AvgIpc) is 2.90. The van der Waals surface area contributed by atoms with Crippen LogP contribution in [0.4, 0.5) is 0 Å². The SMILES string of the molecule is CCC1COCCN1C(=O)C(N)c1cccs1. The number of nitrogens with zero attached hydrogens (tertiary/aromatic N) is 1. The molecule has 0 radical (unpaired) electrons. The van der Waals surface area contributed by atoms with Crippen molar-refractivity contribution >= 4 is 17.2 Å². The molecule has 5 heteroatoms. The molecule has 1 saturated heterocycles. The van der Waals surface area contributed by atoms with Crippen LogP contribution in [0.3, 0.4) is 0 Å². The Morgan fingerprint density at radius 1 is 1.76 bits per heavy atom. The largest absolute Gasteiger partial charge is 0.377 e. The maximum Gasteiger partial charge on any atom is 0.245 e. The van der Waals surface area contributed by atoms with Gasteiger partial charge in [0.1, 0.15) is 6.04 Å². The van der Waals surface area contributed by atoms with Crippen molar-refractivity contribution in [3.63, 3.8) is 0 Å². The van der Waals surface area contributed by atoms with E-state index < -0.39 is 6.04 Å². The minimum atomic E-state index is -0.526. The molecule has 1 aromatic heterocycles. The van der Waals surface area contributed by atoms with Gasteiger partial charge >= 0.3 is 0 Å². The monoisotopic (exact) mass is 254 g/mol. The van der Waals surface area contributed by atoms with Gasteiger partial charge in [-0.1, -0.05) is 13.0 Å². The summed E-state index contributed by atoms with van der Waals surface area (Å²) in [5.41, 5.74) is 6.01. The third-order valence-corrected chi connectivity index (χ3v) is 4.05. The molecule has 2 atom stereocenters. The van der Waals surface area contributed by atoms with Crippen LogP contribution in [-0.2, 0) is 9.53 Å². The Morgan fingerprint density at radius 2 is 2.59 bits per heavy atom. The van der Waals surface area contributed by atoms with Crippen molar-refractivity contribution in [2.45, 2.75) is 25.4 Å². The molecule has 0 bridgehead atoms. The van der Waals surface area contributed by atoms with Gasteiger partial charge in [-0.15, -0.1) is 11.3 Å². The molecule has 0 aromatic carbocycles. The van der Waals surface area contributed by atoms with Gasteiger partial charge in [0.25, 0.3) is 0 Å². The topological polar surface area (TPSA) is 55.6 Å². The van der Waals surface area contributed by atoms with Crippen LogP contribution in [0.2, 0.25) is 0 Å². The molecule has 4 nitrogen and oxygen atoms in total. The Balaban J connectivity index is 2.07. The van der Waals surface area contributed by atoms with Gasteiger partial charge in [-0.2, -0.15) is 0 Å². The summed E-state index contributed by atoms with van der Waals surface area (Å²) in [5.74, 6) is 0.0163. The number of morpholine rings is 1. The smallest absolute Gasteiger partial charge is 0.245 e. The fourth-order valence-electron chi connectivity index (χ4n) is 2.05. The van der Waals surface area contributed by atoms with E-state index >= 15 is 0 Å². The minimum absolute atomic E-state index is 0.0163. The van der Waals surface area contributed by atoms with Crippen molar-refractivity contribution < 1.29 is 9.53 Å². The van der Waals surface area contributed by atoms with Crippen molar-refractivity contribution in [3.05, 3.63) is 22.4 Å². The molecule has 1 fully saturated rings. The lowest BCUT2D eigenvalue weighted by Gasteiger charge is -2.36. The third kappa shape index (κ3) is 2.68. The zero-order chi connectivity index (χ0) is 12.3. The van der Waals surface area contributed by atoms with Gasteiger partial charge in [-0.3, -0.25) is 4.79 Å². The first kappa shape index (κ1) is 12.5. The van der Waals surface area contributed by atoms with Crippen LogP contribution in [0.15, 0.2) is 17.5 Å². The van der Waals surface area contributed by atoms with Gasteiger partial charge < -0.3 is 15.4 Å². The van der Waals surface area contributed by atoms with Gasteiger partial charge in [0.2, 0.25) is 5.91 Å². The summed E-state index contributed by atoms with van der Waals surface area (Å²) in [6.45, 7) is 3.95. The van der Waals surface area contributed by atoms with E-state index in [1.165, 1.54) is 11.3 Å². The molecule has 1 aliphatic heterocycles. The molecule has 2 N–H and O–H groups in total. The number of ether oxygens (including phenoxy) is 1. The van der Waals surface area contributed by atoms with Crippen molar-refractivity contribution in [3.8, 4) is 0 Å². The summed E-state index contributed by atoms with van der Waals surface area (Å²) in [6.07, 6.45) is 0.906. The van der Waals surface area contributed by atoms with Gasteiger partial charge in [-0.25, -0.2) is 0 Å². The van der Waals surface area contributed by atoms with Crippen LogP contribution >= 0.6 is 11.3 Å². The number of rotatable bonds is 3. The highest BCUT2D eigenvalue weighted by Gasteiger charge is 2.30. The number of hydrogen-bond acceptors (Lipinski definition) is 4. The summed E-state index contributed by atoms with van der Waals surface area (Å²) in [6, 6.07) is 3.47. The highest BCUT2D eigenvalue weighted by molar-refractivity contribution is 7.10. The van der Waals surface area contributed by atoms with Crippen LogP contribution in [0.1, 0.15) is 24.3 Å². The second kappa shape index (κ2) is 5.62. The van der Waals surface area contributed by atoms with Crippen molar-refractivity contribution in [2.24, 2.45) is 5.73 Å². The Hall–Kier alpha value is -0.910. The van der Waals surface area contributed by atoms with E-state index in [2.05, 4.69) is 6.92 Å². The predicted octanol–water partition coefficient (Wildman–Crippen LogP) is 1.39. The molecule has 0 aliphatic carbocycles. The van der Waals surface area contributed by atoms with E-state index in [4.69, 9.17) is 10.5 Å². The van der Waals surface area contributed by atoms with Gasteiger partial charge in [0.05, 0.1) is 19.3 Å². The summed E-state index contributed by atoms with van der Waals surface area (Å²) in [7, 11) is 0. The predicted molar refractivity (Wildman–Crippen MR) is 67.9 cm³/mol. The lowest BCUT2D eigenvalue weighted by Crippen LogP contribution is -2.51. The fourth-order valence-corrected chi connectivity index (χ4v) is 2.77. The number of carbonyl (C=O) groups is 1. The Morgan fingerprint density at radius 3 is 3.24 bits per heavy atom. The Kier molecular flexibility index (Phi) is 4.15. The Labute approximate surface area is 105 Å². The van der Waals surface area contributed by atoms with Crippen molar-refractivity contribution in [1.82, 2.24) is 4.90 Å². The number of thiophene rings is 1. The van der Waals surface area contributed by atoms with Crippen LogP contribution < -0.4 is 5.73 Å². The number of nitrogens with two attached hydrogens (primary N) is 1. The summed E-state index contributed by atoms with van der Waals surface area (Å²) >= 11 is 1.53. The van der Waals surface area contributed by atoms with E-state index in [1.54, 1.807) is 0 Å². The quantitative estimate of drug-likeness (QED) is 0.886. The number of hydrogen-bond donors (Lipinski definition) is 1. The molecule has 1 aliphatic rings. The molecule has 94 valence electrons. The van der Waals surface area contributed by atoms with Crippen molar-refractivity contribution in [1.29, 1.82) is 0 Å². The first-order chi connectivity index (χ1) is 8.24. The summed E-state index contributed by atoms with van der Waals surface area (Å²) in [5, 5.41) is 1.94. The molecule has 0 spiro atoms. The van der Waals surface area contributed by atoms with E-state index in [9.17, 15) is 4.79 Å². The maximum atomic E-state index is 12.3. The zero-order valence-corrected chi connectivity index (χ0v) is 10.8. The molecule has 1 amide bonds. The molecular weight excluding hydrogens is 236 g/mol. The molecule has 17 heavy (non-hydrogen) atoms. The lowest BCUT2D eigenvalue weighted by atomic mass is 10.1. The maximum absolute atomic E-state index is 12.3. The van der Waals surface area contributed by atoms with Crippen LogP contribution in [0.5, 0.6) is 0 Å². The second-order valence-corrected chi connectivity index (χ2v) is 5.14. The summed E-state index contributed by atoms with van der Waals surface area (Å²) < 4.78 is 5.39. The van der Waals surface area contributed by atoms with E-state index in [1.807, 2.05) is 22.4 Å². The van der Waals surface area contributed by atoms with Gasteiger partial charge in [-0.05, 0) is 17.9 Å². The first-order valence-corrected chi connectivity index (χ1v) is 6.79.